The van der Waals surface area contributed by atoms with Gasteiger partial charge in [-0.2, -0.15) is 0 Å². The Morgan fingerprint density at radius 2 is 1.93 bits per heavy atom. The number of benzene rings is 2. The van der Waals surface area contributed by atoms with Crippen molar-refractivity contribution in [3.8, 4) is 0 Å². The molecule has 1 atom stereocenters. The predicted octanol–water partition coefficient (Wildman–Crippen LogP) is 4.13. The molecule has 0 radical (unpaired) electrons. The molecule has 8 heteroatoms. The summed E-state index contributed by atoms with van der Waals surface area (Å²) in [6.07, 6.45) is 2.11. The zero-order valence-electron chi connectivity index (χ0n) is 15.0. The van der Waals surface area contributed by atoms with E-state index in [4.69, 9.17) is 23.2 Å². The van der Waals surface area contributed by atoms with E-state index in [9.17, 15) is 13.2 Å². The highest BCUT2D eigenvalue weighted by Gasteiger charge is 2.37. The number of sulfonamides is 1. The van der Waals surface area contributed by atoms with Crippen LogP contribution in [0, 0.1) is 0 Å². The van der Waals surface area contributed by atoms with E-state index in [0.717, 1.165) is 28.2 Å². The first kappa shape index (κ1) is 20.0. The van der Waals surface area contributed by atoms with E-state index in [0.29, 0.717) is 18.0 Å². The Morgan fingerprint density at radius 1 is 1.22 bits per heavy atom. The fourth-order valence-corrected chi connectivity index (χ4v) is 5.06. The Kier molecular flexibility index (Phi) is 5.70. The van der Waals surface area contributed by atoms with Crippen LogP contribution in [0.2, 0.25) is 10.0 Å². The van der Waals surface area contributed by atoms with Gasteiger partial charge in [-0.1, -0.05) is 48.3 Å². The number of amides is 1. The third-order valence-corrected chi connectivity index (χ3v) is 6.33. The van der Waals surface area contributed by atoms with Crippen molar-refractivity contribution in [1.82, 2.24) is 0 Å². The number of rotatable bonds is 5. The minimum Gasteiger partial charge on any atom is -0.310 e. The number of halogens is 2. The van der Waals surface area contributed by atoms with Gasteiger partial charge in [-0.05, 0) is 42.7 Å². The summed E-state index contributed by atoms with van der Waals surface area (Å²) in [5.74, 6) is -0.274. The molecule has 0 spiro atoms. The van der Waals surface area contributed by atoms with Gasteiger partial charge in [0.25, 0.3) is 5.91 Å². The lowest BCUT2D eigenvalue weighted by atomic mass is 10.1. The summed E-state index contributed by atoms with van der Waals surface area (Å²) in [5.41, 5.74) is 2.11. The topological polar surface area (TPSA) is 57.7 Å². The van der Waals surface area contributed by atoms with E-state index in [2.05, 4.69) is 0 Å². The van der Waals surface area contributed by atoms with Crippen molar-refractivity contribution in [2.24, 2.45) is 0 Å². The van der Waals surface area contributed by atoms with Crippen molar-refractivity contribution in [2.75, 3.05) is 22.0 Å². The minimum atomic E-state index is -3.78. The lowest BCUT2D eigenvalue weighted by Crippen LogP contribution is -2.50. The van der Waals surface area contributed by atoms with E-state index in [1.165, 1.54) is 12.1 Å². The largest absolute Gasteiger partial charge is 0.310 e. The highest BCUT2D eigenvalue weighted by atomic mass is 35.5. The molecule has 2 aromatic carbocycles. The fraction of sp³-hybridized carbons (Fsp3) is 0.316. The number of nitrogens with zero attached hydrogens (tertiary/aromatic N) is 2. The van der Waals surface area contributed by atoms with Crippen LogP contribution in [-0.4, -0.2) is 33.2 Å². The summed E-state index contributed by atoms with van der Waals surface area (Å²) in [4.78, 5) is 15.0. The quantitative estimate of drug-likeness (QED) is 0.721. The lowest BCUT2D eigenvalue weighted by Gasteiger charge is -2.33. The van der Waals surface area contributed by atoms with E-state index in [-0.39, 0.29) is 16.6 Å². The van der Waals surface area contributed by atoms with Crippen LogP contribution >= 0.6 is 23.2 Å². The molecule has 1 aliphatic rings. The zero-order chi connectivity index (χ0) is 19.8. The monoisotopic (exact) mass is 426 g/mol. The van der Waals surface area contributed by atoms with Gasteiger partial charge in [0, 0.05) is 17.3 Å². The maximum Gasteiger partial charge on any atom is 0.250 e. The normalized spacial score (nSPS) is 14.7. The molecule has 0 N–H and O–H groups in total. The molecule has 0 saturated carbocycles. The average molecular weight is 427 g/mol. The van der Waals surface area contributed by atoms with Gasteiger partial charge >= 0.3 is 0 Å². The van der Waals surface area contributed by atoms with E-state index in [1.54, 1.807) is 17.9 Å². The summed E-state index contributed by atoms with van der Waals surface area (Å²) in [6, 6.07) is 11.3. The molecule has 3 rings (SSSR count). The molecule has 5 nitrogen and oxygen atoms in total. The first-order valence-electron chi connectivity index (χ1n) is 8.57. The summed E-state index contributed by atoms with van der Waals surface area (Å²) in [5, 5.41) is 0.565. The zero-order valence-corrected chi connectivity index (χ0v) is 17.4. The Labute approximate surface area is 169 Å². The molecule has 0 saturated heterocycles. The maximum absolute atomic E-state index is 13.3. The van der Waals surface area contributed by atoms with Crippen LogP contribution in [-0.2, 0) is 21.2 Å². The van der Waals surface area contributed by atoms with E-state index >= 15 is 0 Å². The molecule has 0 aromatic heterocycles. The summed E-state index contributed by atoms with van der Waals surface area (Å²) < 4.78 is 26.3. The van der Waals surface area contributed by atoms with Crippen molar-refractivity contribution in [2.45, 2.75) is 25.8 Å². The van der Waals surface area contributed by atoms with Crippen LogP contribution in [0.1, 0.15) is 18.9 Å². The van der Waals surface area contributed by atoms with Crippen molar-refractivity contribution < 1.29 is 13.2 Å². The molecule has 0 fully saturated rings. The van der Waals surface area contributed by atoms with Crippen molar-refractivity contribution in [1.29, 1.82) is 0 Å². The van der Waals surface area contributed by atoms with Crippen molar-refractivity contribution >= 4 is 50.5 Å². The van der Waals surface area contributed by atoms with Gasteiger partial charge in [0.2, 0.25) is 10.0 Å². The first-order valence-corrected chi connectivity index (χ1v) is 11.2. The maximum atomic E-state index is 13.3. The molecular weight excluding hydrogens is 407 g/mol. The fourth-order valence-electron chi connectivity index (χ4n) is 3.42. The number of fused-ring (bicyclic) bond motifs is 1. The third-order valence-electron chi connectivity index (χ3n) is 4.61. The molecular formula is C19H20Cl2N2O3S. The Balaban J connectivity index is 2.05. The number of para-hydroxylation sites is 1. The van der Waals surface area contributed by atoms with Gasteiger partial charge in [-0.3, -0.25) is 9.10 Å². The number of carbonyl (C=O) groups excluding carboxylic acids is 1. The number of hydrogen-bond acceptors (Lipinski definition) is 3. The van der Waals surface area contributed by atoms with E-state index < -0.39 is 16.1 Å². The van der Waals surface area contributed by atoms with Gasteiger partial charge in [0.05, 0.1) is 17.0 Å². The van der Waals surface area contributed by atoms with E-state index in [1.807, 2.05) is 24.3 Å². The smallest absolute Gasteiger partial charge is 0.250 e. The van der Waals surface area contributed by atoms with Crippen LogP contribution in [0.3, 0.4) is 0 Å². The molecule has 1 amide bonds. The molecule has 1 heterocycles. The van der Waals surface area contributed by atoms with Crippen LogP contribution in [0.4, 0.5) is 11.4 Å². The summed E-state index contributed by atoms with van der Waals surface area (Å²) >= 11 is 12.3. The van der Waals surface area contributed by atoms with Gasteiger partial charge < -0.3 is 4.90 Å². The second-order valence-corrected chi connectivity index (χ2v) is 9.15. The van der Waals surface area contributed by atoms with Gasteiger partial charge in [0.1, 0.15) is 6.04 Å². The van der Waals surface area contributed by atoms with Crippen LogP contribution in [0.5, 0.6) is 0 Å². The van der Waals surface area contributed by atoms with Crippen molar-refractivity contribution in [3.05, 3.63) is 58.1 Å². The first-order chi connectivity index (χ1) is 12.7. The minimum absolute atomic E-state index is 0.208. The highest BCUT2D eigenvalue weighted by Crippen LogP contribution is 2.35. The van der Waals surface area contributed by atoms with Crippen LogP contribution in [0.25, 0.3) is 0 Å². The lowest BCUT2D eigenvalue weighted by molar-refractivity contribution is -0.119. The van der Waals surface area contributed by atoms with Gasteiger partial charge in [-0.25, -0.2) is 8.42 Å². The molecule has 144 valence electrons. The Morgan fingerprint density at radius 3 is 2.59 bits per heavy atom. The molecule has 1 aliphatic heterocycles. The van der Waals surface area contributed by atoms with Gasteiger partial charge in [0.15, 0.2) is 0 Å². The highest BCUT2D eigenvalue weighted by molar-refractivity contribution is 7.92. The molecule has 1 unspecified atom stereocenters. The molecule has 0 bridgehead atoms. The van der Waals surface area contributed by atoms with Gasteiger partial charge in [-0.15, -0.1) is 0 Å². The standard InChI is InChI=1S/C19H20Cl2N2O3S/c1-3-16(19(24)22-11-10-13-6-4-5-7-17(13)22)23(27(2,25)26)18-12-14(20)8-9-15(18)21/h4-9,12,16H,3,10-11H2,1-2H3. The number of carbonyl (C=O) groups is 1. The second kappa shape index (κ2) is 7.70. The molecule has 27 heavy (non-hydrogen) atoms. The van der Waals surface area contributed by atoms with Crippen LogP contribution < -0.4 is 9.21 Å². The number of hydrogen-bond donors (Lipinski definition) is 0. The third kappa shape index (κ3) is 3.93. The van der Waals surface area contributed by atoms with Crippen molar-refractivity contribution in [3.63, 3.8) is 0 Å². The predicted molar refractivity (Wildman–Crippen MR) is 110 cm³/mol. The Hall–Kier alpha value is -1.76. The SMILES string of the molecule is CCC(C(=O)N1CCc2ccccc21)N(c1cc(Cl)ccc1Cl)S(C)(=O)=O. The van der Waals surface area contributed by atoms with Crippen LogP contribution in [0.15, 0.2) is 42.5 Å². The summed E-state index contributed by atoms with van der Waals surface area (Å²) in [7, 11) is -3.78. The Bertz CT molecular complexity index is 979. The summed E-state index contributed by atoms with van der Waals surface area (Å²) in [6.45, 7) is 2.30. The molecule has 2 aromatic rings. The second-order valence-electron chi connectivity index (χ2n) is 6.45. The molecule has 0 aliphatic carbocycles. The number of anilines is 2. The average Bonchev–Trinajstić information content (AvgIpc) is 3.04.